The van der Waals surface area contributed by atoms with Crippen LogP contribution in [-0.4, -0.2) is 31.0 Å². The minimum atomic E-state index is -3.65. The van der Waals surface area contributed by atoms with Gasteiger partial charge in [-0.25, -0.2) is 8.42 Å². The number of ketones is 1. The Labute approximate surface area is 181 Å². The van der Waals surface area contributed by atoms with Gasteiger partial charge >= 0.3 is 0 Å². The predicted molar refractivity (Wildman–Crippen MR) is 119 cm³/mol. The third-order valence-corrected chi connectivity index (χ3v) is 7.26. The van der Waals surface area contributed by atoms with E-state index in [1.807, 2.05) is 24.3 Å². The highest BCUT2D eigenvalue weighted by molar-refractivity contribution is 7.89. The summed E-state index contributed by atoms with van der Waals surface area (Å²) in [5.41, 5.74) is 3.66. The van der Waals surface area contributed by atoms with Crippen LogP contribution < -0.4 is 5.32 Å². The largest absolute Gasteiger partial charge is 0.322 e. The number of Topliss-reactive ketones (excluding diaryl/α,β-unsaturated/α-hetero) is 1. The predicted octanol–water partition coefficient (Wildman–Crippen LogP) is 3.89. The van der Waals surface area contributed by atoms with Crippen LogP contribution in [0.25, 0.3) is 0 Å². The SMILES string of the molecule is CC(=O)c1ccc(NC(=O)c2ccc(S(=O)(=O)N3CCc4ccccc4C3)cc2)cc1. The third kappa shape index (κ3) is 4.42. The van der Waals surface area contributed by atoms with Gasteiger partial charge in [0.25, 0.3) is 5.91 Å². The van der Waals surface area contributed by atoms with E-state index in [1.54, 1.807) is 24.3 Å². The Morgan fingerprint density at radius 2 is 1.45 bits per heavy atom. The lowest BCUT2D eigenvalue weighted by molar-refractivity contribution is 0.101. The molecule has 0 radical (unpaired) electrons. The van der Waals surface area contributed by atoms with E-state index in [0.717, 1.165) is 5.56 Å². The number of hydrogen-bond acceptors (Lipinski definition) is 4. The second kappa shape index (κ2) is 8.45. The first-order valence-corrected chi connectivity index (χ1v) is 11.4. The standard InChI is InChI=1S/C24H22N2O4S/c1-17(27)18-6-10-22(11-7-18)25-24(28)20-8-12-23(13-9-20)31(29,30)26-15-14-19-4-2-3-5-21(19)16-26/h2-13H,14-16H2,1H3,(H,25,28). The number of fused-ring (bicyclic) bond motifs is 1. The summed E-state index contributed by atoms with van der Waals surface area (Å²) in [6.45, 7) is 2.25. The molecular weight excluding hydrogens is 412 g/mol. The maximum Gasteiger partial charge on any atom is 0.255 e. The van der Waals surface area contributed by atoms with E-state index in [9.17, 15) is 18.0 Å². The lowest BCUT2D eigenvalue weighted by atomic mass is 10.0. The molecule has 1 aliphatic rings. The number of nitrogens with one attached hydrogen (secondary N) is 1. The second-order valence-corrected chi connectivity index (χ2v) is 9.41. The number of benzene rings is 3. The van der Waals surface area contributed by atoms with Crippen LogP contribution in [0.3, 0.4) is 0 Å². The Morgan fingerprint density at radius 1 is 0.839 bits per heavy atom. The number of carbonyl (C=O) groups is 2. The van der Waals surface area contributed by atoms with E-state index in [4.69, 9.17) is 0 Å². The average molecular weight is 435 g/mol. The van der Waals surface area contributed by atoms with Crippen LogP contribution in [0.1, 0.15) is 38.8 Å². The zero-order valence-electron chi connectivity index (χ0n) is 17.0. The van der Waals surface area contributed by atoms with Crippen molar-refractivity contribution in [3.63, 3.8) is 0 Å². The molecule has 0 atom stereocenters. The van der Waals surface area contributed by atoms with Gasteiger partial charge in [-0.05, 0) is 73.0 Å². The topological polar surface area (TPSA) is 83.5 Å². The molecule has 7 heteroatoms. The van der Waals surface area contributed by atoms with Crippen molar-refractivity contribution in [3.05, 3.63) is 95.1 Å². The normalized spacial score (nSPS) is 14.0. The van der Waals surface area contributed by atoms with Crippen LogP contribution in [0.4, 0.5) is 5.69 Å². The summed E-state index contributed by atoms with van der Waals surface area (Å²) in [7, 11) is -3.65. The van der Waals surface area contributed by atoms with Crippen LogP contribution in [-0.2, 0) is 23.0 Å². The molecule has 3 aromatic rings. The minimum absolute atomic E-state index is 0.0492. The van der Waals surface area contributed by atoms with Crippen molar-refractivity contribution in [1.82, 2.24) is 4.31 Å². The zero-order chi connectivity index (χ0) is 22.0. The van der Waals surface area contributed by atoms with Gasteiger partial charge in [-0.2, -0.15) is 4.31 Å². The van der Waals surface area contributed by atoms with Crippen molar-refractivity contribution < 1.29 is 18.0 Å². The molecule has 1 N–H and O–H groups in total. The van der Waals surface area contributed by atoms with Crippen molar-refractivity contribution in [3.8, 4) is 0 Å². The number of amides is 1. The van der Waals surface area contributed by atoms with Crippen molar-refractivity contribution in [2.45, 2.75) is 24.8 Å². The van der Waals surface area contributed by atoms with Crippen molar-refractivity contribution in [1.29, 1.82) is 0 Å². The van der Waals surface area contributed by atoms with Crippen molar-refractivity contribution in [2.75, 3.05) is 11.9 Å². The van der Waals surface area contributed by atoms with E-state index in [2.05, 4.69) is 5.32 Å². The van der Waals surface area contributed by atoms with Crippen LogP contribution in [0.2, 0.25) is 0 Å². The van der Waals surface area contributed by atoms with Gasteiger partial charge < -0.3 is 5.32 Å². The van der Waals surface area contributed by atoms with Gasteiger partial charge in [-0.1, -0.05) is 24.3 Å². The molecule has 1 heterocycles. The van der Waals surface area contributed by atoms with E-state index in [0.29, 0.717) is 36.3 Å². The van der Waals surface area contributed by atoms with Gasteiger partial charge in [0, 0.05) is 29.9 Å². The summed E-state index contributed by atoms with van der Waals surface area (Å²) in [5, 5.41) is 2.75. The van der Waals surface area contributed by atoms with Gasteiger partial charge in [-0.15, -0.1) is 0 Å². The molecule has 3 aromatic carbocycles. The Morgan fingerprint density at radius 3 is 2.10 bits per heavy atom. The fourth-order valence-electron chi connectivity index (χ4n) is 3.59. The van der Waals surface area contributed by atoms with E-state index in [-0.39, 0.29) is 16.6 Å². The first kappa shape index (κ1) is 21.0. The molecule has 0 unspecified atom stereocenters. The van der Waals surface area contributed by atoms with E-state index < -0.39 is 10.0 Å². The highest BCUT2D eigenvalue weighted by Gasteiger charge is 2.28. The Hall–Kier alpha value is -3.29. The average Bonchev–Trinajstić information content (AvgIpc) is 2.79. The number of sulfonamides is 1. The fourth-order valence-corrected chi connectivity index (χ4v) is 5.01. The molecule has 4 rings (SSSR count). The summed E-state index contributed by atoms with van der Waals surface area (Å²) in [4.78, 5) is 24.0. The molecule has 1 aliphatic heterocycles. The molecule has 0 saturated heterocycles. The molecule has 0 aromatic heterocycles. The Balaban J connectivity index is 1.47. The summed E-state index contributed by atoms with van der Waals surface area (Å²) < 4.78 is 27.6. The van der Waals surface area contributed by atoms with Crippen LogP contribution in [0, 0.1) is 0 Å². The highest BCUT2D eigenvalue weighted by Crippen LogP contribution is 2.25. The van der Waals surface area contributed by atoms with Gasteiger partial charge in [-0.3, -0.25) is 9.59 Å². The number of rotatable bonds is 5. The van der Waals surface area contributed by atoms with Crippen LogP contribution >= 0.6 is 0 Å². The molecular formula is C24H22N2O4S. The maximum atomic E-state index is 13.1. The van der Waals surface area contributed by atoms with E-state index in [1.165, 1.54) is 41.1 Å². The molecule has 0 saturated carbocycles. The lowest BCUT2D eigenvalue weighted by Gasteiger charge is -2.28. The van der Waals surface area contributed by atoms with Gasteiger partial charge in [0.05, 0.1) is 4.90 Å². The maximum absolute atomic E-state index is 13.1. The van der Waals surface area contributed by atoms with Gasteiger partial charge in [0.1, 0.15) is 0 Å². The molecule has 0 spiro atoms. The smallest absolute Gasteiger partial charge is 0.255 e. The first-order valence-electron chi connectivity index (χ1n) is 9.94. The number of carbonyl (C=O) groups excluding carboxylic acids is 2. The van der Waals surface area contributed by atoms with Gasteiger partial charge in [0.2, 0.25) is 10.0 Å². The molecule has 31 heavy (non-hydrogen) atoms. The summed E-state index contributed by atoms with van der Waals surface area (Å²) in [5.74, 6) is -0.404. The fraction of sp³-hybridized carbons (Fsp3) is 0.167. The van der Waals surface area contributed by atoms with Crippen LogP contribution in [0.5, 0.6) is 0 Å². The molecule has 0 aliphatic carbocycles. The molecule has 0 bridgehead atoms. The minimum Gasteiger partial charge on any atom is -0.322 e. The molecule has 6 nitrogen and oxygen atoms in total. The molecule has 158 valence electrons. The van der Waals surface area contributed by atoms with Crippen molar-refractivity contribution in [2.24, 2.45) is 0 Å². The summed E-state index contributed by atoms with van der Waals surface area (Å²) in [6, 6.07) is 20.4. The zero-order valence-corrected chi connectivity index (χ0v) is 17.9. The molecule has 0 fully saturated rings. The Bertz CT molecular complexity index is 1230. The number of anilines is 1. The second-order valence-electron chi connectivity index (χ2n) is 7.47. The molecule has 1 amide bonds. The quantitative estimate of drug-likeness (QED) is 0.618. The van der Waals surface area contributed by atoms with Crippen molar-refractivity contribution >= 4 is 27.4 Å². The number of hydrogen-bond donors (Lipinski definition) is 1. The highest BCUT2D eigenvalue weighted by atomic mass is 32.2. The van der Waals surface area contributed by atoms with Crippen LogP contribution in [0.15, 0.2) is 77.7 Å². The summed E-state index contributed by atoms with van der Waals surface area (Å²) in [6.07, 6.45) is 0.679. The monoisotopic (exact) mass is 434 g/mol. The Kier molecular flexibility index (Phi) is 5.71. The lowest BCUT2D eigenvalue weighted by Crippen LogP contribution is -2.35. The third-order valence-electron chi connectivity index (χ3n) is 5.40. The van der Waals surface area contributed by atoms with E-state index >= 15 is 0 Å². The first-order chi connectivity index (χ1) is 14.8. The summed E-state index contributed by atoms with van der Waals surface area (Å²) >= 11 is 0. The number of nitrogens with zero attached hydrogens (tertiary/aromatic N) is 1. The van der Waals surface area contributed by atoms with Gasteiger partial charge in [0.15, 0.2) is 5.78 Å².